The van der Waals surface area contributed by atoms with Crippen molar-refractivity contribution in [2.75, 3.05) is 19.7 Å². The van der Waals surface area contributed by atoms with Gasteiger partial charge in [-0.3, -0.25) is 4.79 Å². The molecule has 1 saturated carbocycles. The molecule has 5 rings (SSSR count). The average Bonchev–Trinajstić information content (AvgIpc) is 3.29. The zero-order chi connectivity index (χ0) is 28.3. The maximum Gasteiger partial charge on any atom is 0.253 e. The number of benzene rings is 1. The van der Waals surface area contributed by atoms with E-state index in [0.717, 1.165) is 10.9 Å². The van der Waals surface area contributed by atoms with Crippen LogP contribution in [0.2, 0.25) is 0 Å². The van der Waals surface area contributed by atoms with Gasteiger partial charge in [0.05, 0.1) is 18.4 Å². The minimum absolute atomic E-state index is 0.139. The van der Waals surface area contributed by atoms with Gasteiger partial charge in [-0.2, -0.15) is 0 Å². The molecule has 2 saturated heterocycles. The Morgan fingerprint density at radius 1 is 1.15 bits per heavy atom. The summed E-state index contributed by atoms with van der Waals surface area (Å²) < 4.78 is 74.9. The van der Waals surface area contributed by atoms with Gasteiger partial charge in [-0.15, -0.1) is 16.9 Å². The molecule has 6 atom stereocenters. The van der Waals surface area contributed by atoms with Crippen molar-refractivity contribution < 1.29 is 51.9 Å². The van der Waals surface area contributed by atoms with E-state index in [1.165, 1.54) is 4.90 Å². The zero-order valence-corrected chi connectivity index (χ0v) is 20.9. The summed E-state index contributed by atoms with van der Waals surface area (Å²) >= 11 is 0.600. The monoisotopic (exact) mass is 580 g/mol. The molecule has 1 unspecified atom stereocenters. The number of likely N-dealkylation sites (tertiary alicyclic amines) is 1. The van der Waals surface area contributed by atoms with E-state index in [9.17, 15) is 47.2 Å². The Bertz CT molecular complexity index is 1220. The highest BCUT2D eigenvalue weighted by molar-refractivity contribution is 8.01. The minimum Gasteiger partial charge on any atom is -0.394 e. The van der Waals surface area contributed by atoms with E-state index in [4.69, 9.17) is 4.74 Å². The van der Waals surface area contributed by atoms with Gasteiger partial charge < -0.3 is 30.1 Å². The van der Waals surface area contributed by atoms with Crippen molar-refractivity contribution >= 4 is 17.7 Å². The molecule has 2 aromatic rings. The Morgan fingerprint density at radius 2 is 1.79 bits per heavy atom. The average molecular weight is 581 g/mol. The number of amides is 1. The lowest BCUT2D eigenvalue weighted by atomic mass is 9.73. The highest BCUT2D eigenvalue weighted by Crippen LogP contribution is 2.52. The van der Waals surface area contributed by atoms with Gasteiger partial charge in [-0.1, -0.05) is 5.21 Å². The van der Waals surface area contributed by atoms with Gasteiger partial charge >= 0.3 is 0 Å². The van der Waals surface area contributed by atoms with Crippen LogP contribution in [-0.2, 0) is 9.53 Å². The van der Waals surface area contributed by atoms with E-state index in [1.807, 2.05) is 0 Å². The molecule has 1 aromatic carbocycles. The molecule has 2 aliphatic heterocycles. The SMILES string of the molecule is O=C(C(S[C@@H]1O[C@H](CO)[C@H](O)[C@H](n2cc(-c3cc(F)c(F)c(F)c3)nn2)[C@H]1O)C1(O)CC(F)(F)C1)N1CCC1. The van der Waals surface area contributed by atoms with Crippen molar-refractivity contribution in [3.63, 3.8) is 0 Å². The normalized spacial score (nSPS) is 30.4. The summed E-state index contributed by atoms with van der Waals surface area (Å²) in [6.07, 6.45) is -4.72. The maximum absolute atomic E-state index is 13.7. The molecule has 1 aromatic heterocycles. The predicted molar refractivity (Wildman–Crippen MR) is 124 cm³/mol. The van der Waals surface area contributed by atoms with Crippen molar-refractivity contribution in [1.29, 1.82) is 0 Å². The zero-order valence-electron chi connectivity index (χ0n) is 20.1. The van der Waals surface area contributed by atoms with Crippen molar-refractivity contribution in [2.24, 2.45) is 0 Å². The van der Waals surface area contributed by atoms with Crippen LogP contribution in [0.3, 0.4) is 0 Å². The molecule has 0 spiro atoms. The quantitative estimate of drug-likeness (QED) is 0.277. The highest BCUT2D eigenvalue weighted by Gasteiger charge is 2.63. The molecule has 3 aliphatic rings. The summed E-state index contributed by atoms with van der Waals surface area (Å²) in [5, 5.41) is 48.8. The van der Waals surface area contributed by atoms with Gasteiger partial charge in [0.15, 0.2) is 17.5 Å². The van der Waals surface area contributed by atoms with Crippen molar-refractivity contribution in [1.82, 2.24) is 19.9 Å². The number of ether oxygens (including phenoxy) is 1. The van der Waals surface area contributed by atoms with Gasteiger partial charge in [-0.05, 0) is 18.6 Å². The molecule has 10 nitrogen and oxygen atoms in total. The first-order chi connectivity index (χ1) is 18.3. The molecule has 3 fully saturated rings. The second-order valence-electron chi connectivity index (χ2n) is 10.0. The number of hydrogen-bond acceptors (Lipinski definition) is 9. The van der Waals surface area contributed by atoms with Crippen molar-refractivity contribution in [3.05, 3.63) is 35.8 Å². The molecular formula is C23H25F5N4O6S. The number of carbonyl (C=O) groups is 1. The Labute approximate surface area is 222 Å². The molecule has 3 heterocycles. The lowest BCUT2D eigenvalue weighted by Crippen LogP contribution is -2.64. The summed E-state index contributed by atoms with van der Waals surface area (Å²) in [6.45, 7) is 0.0111. The molecule has 214 valence electrons. The highest BCUT2D eigenvalue weighted by atomic mass is 32.2. The minimum atomic E-state index is -3.17. The van der Waals surface area contributed by atoms with Crippen molar-refractivity contribution in [3.8, 4) is 11.3 Å². The largest absolute Gasteiger partial charge is 0.394 e. The number of halogens is 5. The maximum atomic E-state index is 13.7. The third-order valence-corrected chi connectivity index (χ3v) is 8.79. The molecular weight excluding hydrogens is 555 g/mol. The van der Waals surface area contributed by atoms with Crippen molar-refractivity contribution in [2.45, 2.75) is 65.8 Å². The number of aliphatic hydroxyl groups excluding tert-OH is 3. The van der Waals surface area contributed by atoms with E-state index in [2.05, 4.69) is 10.3 Å². The van der Waals surface area contributed by atoms with Crippen LogP contribution < -0.4 is 0 Å². The topological polar surface area (TPSA) is 141 Å². The molecule has 1 aliphatic carbocycles. The summed E-state index contributed by atoms with van der Waals surface area (Å²) in [7, 11) is 0. The van der Waals surface area contributed by atoms with E-state index in [1.54, 1.807) is 0 Å². The third kappa shape index (κ3) is 5.13. The van der Waals surface area contributed by atoms with Gasteiger partial charge in [0.25, 0.3) is 5.92 Å². The first-order valence-electron chi connectivity index (χ1n) is 12.1. The predicted octanol–water partition coefficient (Wildman–Crippen LogP) is 0.837. The Morgan fingerprint density at radius 3 is 2.33 bits per heavy atom. The van der Waals surface area contributed by atoms with Gasteiger partial charge in [0.2, 0.25) is 5.91 Å². The van der Waals surface area contributed by atoms with E-state index < -0.39 is 89.4 Å². The number of alkyl halides is 2. The van der Waals surface area contributed by atoms with Crippen LogP contribution >= 0.6 is 11.8 Å². The smallest absolute Gasteiger partial charge is 0.253 e. The fraction of sp³-hybridized carbons (Fsp3) is 0.609. The Balaban J connectivity index is 1.42. The molecule has 1 amide bonds. The van der Waals surface area contributed by atoms with Crippen LogP contribution in [0.15, 0.2) is 18.3 Å². The molecule has 16 heteroatoms. The van der Waals surface area contributed by atoms with Crippen LogP contribution in [0.4, 0.5) is 22.0 Å². The number of rotatable bonds is 7. The summed E-state index contributed by atoms with van der Waals surface area (Å²) in [5.41, 5.74) is -3.81. The lowest BCUT2D eigenvalue weighted by Gasteiger charge is -2.50. The number of nitrogens with zero attached hydrogens (tertiary/aromatic N) is 4. The fourth-order valence-corrected chi connectivity index (χ4v) is 6.51. The summed E-state index contributed by atoms with van der Waals surface area (Å²) in [5.74, 6) is -8.40. The van der Waals surface area contributed by atoms with Crippen LogP contribution in [-0.4, -0.2) is 106 Å². The van der Waals surface area contributed by atoms with Gasteiger partial charge in [0.1, 0.15) is 40.7 Å². The number of carbonyl (C=O) groups excluding carboxylic acids is 1. The van der Waals surface area contributed by atoms with Gasteiger partial charge in [-0.25, -0.2) is 26.6 Å². The molecule has 39 heavy (non-hydrogen) atoms. The Kier molecular flexibility index (Phi) is 7.39. The second-order valence-corrected chi connectivity index (χ2v) is 11.3. The number of aliphatic hydroxyl groups is 4. The van der Waals surface area contributed by atoms with E-state index in [0.29, 0.717) is 43.4 Å². The van der Waals surface area contributed by atoms with E-state index >= 15 is 0 Å². The van der Waals surface area contributed by atoms with Gasteiger partial charge in [0, 0.05) is 31.5 Å². The fourth-order valence-electron chi connectivity index (χ4n) is 5.03. The number of hydrogen-bond donors (Lipinski definition) is 4. The lowest BCUT2D eigenvalue weighted by molar-refractivity contribution is -0.207. The standard InChI is InChI=1S/C23H25F5N4O6S/c24-11-4-10(5-12(25)15(11)26)13-6-32(30-29-13)16-17(34)14(7-33)38-21(18(16)35)39-19(20(36)31-2-1-3-31)22(37)8-23(27,28)9-22/h4-6,14,16-19,21,33-35,37H,1-3,7-9H2/t14-,16+,17+,18-,19?,21+/m1/s1. The molecule has 4 N–H and O–H groups in total. The summed E-state index contributed by atoms with van der Waals surface area (Å²) in [4.78, 5) is 14.5. The Hall–Kier alpha value is -2.37. The summed E-state index contributed by atoms with van der Waals surface area (Å²) in [6, 6.07) is -0.0262. The van der Waals surface area contributed by atoms with Crippen LogP contribution in [0.5, 0.6) is 0 Å². The first kappa shape index (κ1) is 28.2. The molecule has 0 bridgehead atoms. The van der Waals surface area contributed by atoms with E-state index in [-0.39, 0.29) is 11.3 Å². The third-order valence-electron chi connectivity index (χ3n) is 7.22. The number of aromatic nitrogens is 3. The first-order valence-corrected chi connectivity index (χ1v) is 13.0. The molecule has 0 radical (unpaired) electrons. The van der Waals surface area contributed by atoms with Crippen LogP contribution in [0.1, 0.15) is 25.3 Å². The number of thioether (sulfide) groups is 1. The second kappa shape index (κ2) is 10.2. The van der Waals surface area contributed by atoms with Crippen LogP contribution in [0, 0.1) is 17.5 Å². The van der Waals surface area contributed by atoms with Crippen LogP contribution in [0.25, 0.3) is 11.3 Å².